The molecular formula is C19H21N7O2. The lowest BCUT2D eigenvalue weighted by Crippen LogP contribution is -2.43. The number of fused-ring (bicyclic) bond motifs is 3. The molecule has 0 amide bonds. The molecule has 5 rings (SSSR count). The van der Waals surface area contributed by atoms with E-state index >= 15 is 0 Å². The van der Waals surface area contributed by atoms with Crippen LogP contribution >= 0.6 is 0 Å². The number of hydrogen-bond acceptors (Lipinski definition) is 8. The lowest BCUT2D eigenvalue weighted by atomic mass is 10.0. The van der Waals surface area contributed by atoms with Gasteiger partial charge in [-0.25, -0.2) is 14.8 Å². The summed E-state index contributed by atoms with van der Waals surface area (Å²) in [6, 6.07) is 1.87. The van der Waals surface area contributed by atoms with Gasteiger partial charge in [0, 0.05) is 43.4 Å². The van der Waals surface area contributed by atoms with E-state index in [1.165, 1.54) is 0 Å². The maximum atomic E-state index is 7.58. The molecule has 3 aliphatic heterocycles. The largest absolute Gasteiger partial charge is 0.385 e. The van der Waals surface area contributed by atoms with Gasteiger partial charge < -0.3 is 25.0 Å². The molecule has 9 heteroatoms. The summed E-state index contributed by atoms with van der Waals surface area (Å²) < 4.78 is 11.1. The predicted molar refractivity (Wildman–Crippen MR) is 105 cm³/mol. The van der Waals surface area contributed by atoms with Gasteiger partial charge in [0.1, 0.15) is 11.6 Å². The Morgan fingerprint density at radius 1 is 1.14 bits per heavy atom. The summed E-state index contributed by atoms with van der Waals surface area (Å²) in [5, 5.41) is 0. The van der Waals surface area contributed by atoms with E-state index < -0.39 is 0 Å². The van der Waals surface area contributed by atoms with Gasteiger partial charge in [-0.05, 0) is 6.07 Å². The predicted octanol–water partition coefficient (Wildman–Crippen LogP) is 1.27. The first-order valence-electron chi connectivity index (χ1n) is 9.46. The van der Waals surface area contributed by atoms with Gasteiger partial charge in [0.15, 0.2) is 0 Å². The molecule has 28 heavy (non-hydrogen) atoms. The zero-order valence-corrected chi connectivity index (χ0v) is 15.5. The average molecular weight is 379 g/mol. The van der Waals surface area contributed by atoms with Gasteiger partial charge in [0.25, 0.3) is 0 Å². The Morgan fingerprint density at radius 3 is 2.79 bits per heavy atom. The van der Waals surface area contributed by atoms with Crippen LogP contribution in [-0.4, -0.2) is 67.1 Å². The third kappa shape index (κ3) is 2.82. The summed E-state index contributed by atoms with van der Waals surface area (Å²) in [5.41, 5.74) is 8.81. The zero-order chi connectivity index (χ0) is 19.1. The monoisotopic (exact) mass is 379 g/mol. The molecule has 0 aliphatic carbocycles. The fourth-order valence-corrected chi connectivity index (χ4v) is 4.09. The molecule has 5 heterocycles. The first-order valence-corrected chi connectivity index (χ1v) is 9.46. The number of pyridine rings is 1. The Labute approximate surface area is 162 Å². The summed E-state index contributed by atoms with van der Waals surface area (Å²) in [6.07, 6.45) is 2.46. The number of nitrogens with two attached hydrogens (primary N) is 1. The number of rotatable bonds is 2. The van der Waals surface area contributed by atoms with Crippen LogP contribution in [-0.2, 0) is 15.9 Å². The van der Waals surface area contributed by atoms with Crippen molar-refractivity contribution in [3.63, 3.8) is 0 Å². The van der Waals surface area contributed by atoms with Crippen molar-refractivity contribution < 1.29 is 9.47 Å². The van der Waals surface area contributed by atoms with Crippen LogP contribution in [0, 0.1) is 6.57 Å². The molecule has 0 aromatic carbocycles. The van der Waals surface area contributed by atoms with Gasteiger partial charge in [0.05, 0.1) is 44.7 Å². The maximum absolute atomic E-state index is 7.58. The molecule has 2 N–H and O–H groups in total. The minimum Gasteiger partial charge on any atom is -0.385 e. The average Bonchev–Trinajstić information content (AvgIpc) is 3.12. The van der Waals surface area contributed by atoms with Crippen LogP contribution in [0.3, 0.4) is 0 Å². The topological polar surface area (TPSA) is 94.0 Å². The molecule has 0 unspecified atom stereocenters. The number of morpholine rings is 2. The summed E-state index contributed by atoms with van der Waals surface area (Å²) in [6.45, 7) is 12.6. The van der Waals surface area contributed by atoms with Crippen LogP contribution < -0.4 is 15.5 Å². The highest BCUT2D eigenvalue weighted by Crippen LogP contribution is 2.41. The third-order valence-electron chi connectivity index (χ3n) is 5.49. The van der Waals surface area contributed by atoms with Crippen LogP contribution in [0.15, 0.2) is 12.3 Å². The first kappa shape index (κ1) is 17.2. The van der Waals surface area contributed by atoms with Gasteiger partial charge in [-0.3, -0.25) is 0 Å². The Kier molecular flexibility index (Phi) is 4.22. The molecular weight excluding hydrogens is 358 g/mol. The molecule has 2 fully saturated rings. The van der Waals surface area contributed by atoms with Crippen molar-refractivity contribution in [2.24, 2.45) is 0 Å². The number of aromatic nitrogens is 3. The lowest BCUT2D eigenvalue weighted by molar-refractivity contribution is 0.0974. The molecule has 3 aliphatic rings. The molecule has 2 aromatic heterocycles. The number of nitrogens with zero attached hydrogens (tertiary/aromatic N) is 6. The van der Waals surface area contributed by atoms with E-state index in [0.29, 0.717) is 49.4 Å². The van der Waals surface area contributed by atoms with Crippen molar-refractivity contribution in [2.45, 2.75) is 12.5 Å². The van der Waals surface area contributed by atoms with Crippen molar-refractivity contribution >= 4 is 23.3 Å². The van der Waals surface area contributed by atoms with Crippen molar-refractivity contribution in [3.05, 3.63) is 29.2 Å². The van der Waals surface area contributed by atoms with Gasteiger partial charge in [-0.15, -0.1) is 0 Å². The van der Waals surface area contributed by atoms with Crippen LogP contribution in [0.4, 0.5) is 23.3 Å². The van der Waals surface area contributed by atoms with Gasteiger partial charge in [-0.1, -0.05) is 0 Å². The summed E-state index contributed by atoms with van der Waals surface area (Å²) >= 11 is 0. The molecule has 0 radical (unpaired) electrons. The minimum atomic E-state index is 0.259. The normalized spacial score (nSPS) is 21.2. The van der Waals surface area contributed by atoms with E-state index in [1.807, 2.05) is 0 Å². The van der Waals surface area contributed by atoms with Crippen LogP contribution in [0.5, 0.6) is 0 Å². The zero-order valence-electron chi connectivity index (χ0n) is 15.5. The number of ether oxygens (including phenoxy) is 2. The highest BCUT2D eigenvalue weighted by Gasteiger charge is 2.37. The quantitative estimate of drug-likeness (QED) is 0.780. The molecule has 0 bridgehead atoms. The molecule has 1 atom stereocenters. The highest BCUT2D eigenvalue weighted by molar-refractivity contribution is 5.83. The van der Waals surface area contributed by atoms with Gasteiger partial charge >= 0.3 is 0 Å². The summed E-state index contributed by atoms with van der Waals surface area (Å²) in [7, 11) is 0. The molecule has 144 valence electrons. The first-order chi connectivity index (χ1) is 13.7. The molecule has 0 spiro atoms. The molecule has 9 nitrogen and oxygen atoms in total. The van der Waals surface area contributed by atoms with Crippen LogP contribution in [0.25, 0.3) is 16.1 Å². The Hall–Kier alpha value is -2.96. The van der Waals surface area contributed by atoms with Crippen LogP contribution in [0.1, 0.15) is 5.56 Å². The summed E-state index contributed by atoms with van der Waals surface area (Å²) in [5.74, 6) is 1.96. The van der Waals surface area contributed by atoms with E-state index in [2.05, 4.69) is 19.6 Å². The lowest BCUT2D eigenvalue weighted by Gasteiger charge is -2.32. The molecule has 0 saturated carbocycles. The second-order valence-corrected chi connectivity index (χ2v) is 7.14. The second-order valence-electron chi connectivity index (χ2n) is 7.14. The molecule has 2 aromatic rings. The van der Waals surface area contributed by atoms with Crippen molar-refractivity contribution in [2.75, 3.05) is 61.6 Å². The SMILES string of the molecule is [C-]#[N+]c1cc(N)ncc1-c1nc(N2CCOCC2)nc2c1C[C@@H]1COCCN21. The van der Waals surface area contributed by atoms with Gasteiger partial charge in [-0.2, -0.15) is 4.98 Å². The van der Waals surface area contributed by atoms with E-state index in [4.69, 9.17) is 31.7 Å². The molecule has 2 saturated heterocycles. The van der Waals surface area contributed by atoms with Crippen molar-refractivity contribution in [1.29, 1.82) is 0 Å². The third-order valence-corrected chi connectivity index (χ3v) is 5.49. The van der Waals surface area contributed by atoms with Gasteiger partial charge in [0.2, 0.25) is 11.6 Å². The van der Waals surface area contributed by atoms with Crippen molar-refractivity contribution in [3.8, 4) is 11.3 Å². The summed E-state index contributed by atoms with van der Waals surface area (Å²) in [4.78, 5) is 22.2. The number of hydrogen-bond donors (Lipinski definition) is 1. The Bertz CT molecular complexity index is 952. The second kappa shape index (κ2) is 6.89. The Balaban J connectivity index is 1.68. The highest BCUT2D eigenvalue weighted by atomic mass is 16.5. The van der Waals surface area contributed by atoms with Crippen molar-refractivity contribution in [1.82, 2.24) is 15.0 Å². The number of anilines is 3. The standard InChI is InChI=1S/C19H21N7O2/c1-21-15-9-16(20)22-10-14(15)17-13-8-12-11-28-7-4-26(12)18(13)24-19(23-17)25-2-5-27-6-3-25/h9-10,12H,2-8,11H2,(H2,20,22)/t12-/m1/s1. The van der Waals surface area contributed by atoms with E-state index in [0.717, 1.165) is 43.1 Å². The fourth-order valence-electron chi connectivity index (χ4n) is 4.09. The van der Waals surface area contributed by atoms with E-state index in [-0.39, 0.29) is 6.04 Å². The number of nitrogen functional groups attached to an aromatic ring is 1. The minimum absolute atomic E-state index is 0.259. The van der Waals surface area contributed by atoms with Crippen LogP contribution in [0.2, 0.25) is 0 Å². The van der Waals surface area contributed by atoms with E-state index in [9.17, 15) is 0 Å². The maximum Gasteiger partial charge on any atom is 0.228 e. The van der Waals surface area contributed by atoms with E-state index in [1.54, 1.807) is 12.3 Å². The Morgan fingerprint density at radius 2 is 1.96 bits per heavy atom. The smallest absolute Gasteiger partial charge is 0.228 e. The fraction of sp³-hybridized carbons (Fsp3) is 0.474.